The van der Waals surface area contributed by atoms with Gasteiger partial charge in [-0.15, -0.1) is 0 Å². The highest BCUT2D eigenvalue weighted by molar-refractivity contribution is 6.30. The van der Waals surface area contributed by atoms with Crippen molar-refractivity contribution in [2.45, 2.75) is 19.9 Å². The number of rotatable bonds is 5. The Morgan fingerprint density at radius 3 is 2.55 bits per heavy atom. The third-order valence-corrected chi connectivity index (χ3v) is 3.31. The zero-order valence-corrected chi connectivity index (χ0v) is 13.4. The molecule has 116 valence electrons. The molecule has 0 radical (unpaired) electrons. The first-order valence-corrected chi connectivity index (χ1v) is 7.44. The van der Waals surface area contributed by atoms with Gasteiger partial charge in [0.05, 0.1) is 6.04 Å². The predicted molar refractivity (Wildman–Crippen MR) is 89.7 cm³/mol. The molecule has 2 N–H and O–H groups in total. The summed E-state index contributed by atoms with van der Waals surface area (Å²) in [4.78, 5) is 11.9. The molecule has 0 bridgehead atoms. The second kappa shape index (κ2) is 7.71. The molecule has 2 aromatic rings. The van der Waals surface area contributed by atoms with Crippen molar-refractivity contribution in [2.24, 2.45) is 0 Å². The lowest BCUT2D eigenvalue weighted by molar-refractivity contribution is 0.236. The predicted octanol–water partition coefficient (Wildman–Crippen LogP) is 4.24. The maximum absolute atomic E-state index is 11.9. The molecule has 0 saturated carbocycles. The van der Waals surface area contributed by atoms with E-state index < -0.39 is 0 Å². The molecule has 0 spiro atoms. The van der Waals surface area contributed by atoms with Gasteiger partial charge in [-0.25, -0.2) is 4.79 Å². The van der Waals surface area contributed by atoms with Gasteiger partial charge in [0.2, 0.25) is 0 Å². The highest BCUT2D eigenvalue weighted by atomic mass is 35.5. The van der Waals surface area contributed by atoms with Crippen molar-refractivity contribution in [1.82, 2.24) is 5.32 Å². The van der Waals surface area contributed by atoms with Crippen LogP contribution in [0.15, 0.2) is 48.5 Å². The molecule has 2 rings (SSSR count). The number of aryl methyl sites for hydroxylation is 1. The lowest BCUT2D eigenvalue weighted by Crippen LogP contribution is -2.39. The van der Waals surface area contributed by atoms with Crippen LogP contribution in [0.1, 0.15) is 12.5 Å². The van der Waals surface area contributed by atoms with Crippen molar-refractivity contribution in [2.75, 3.05) is 11.9 Å². The van der Waals surface area contributed by atoms with E-state index in [0.29, 0.717) is 17.3 Å². The molecular weight excluding hydrogens is 300 g/mol. The van der Waals surface area contributed by atoms with Crippen LogP contribution in [-0.4, -0.2) is 18.7 Å². The van der Waals surface area contributed by atoms with E-state index in [1.54, 1.807) is 24.3 Å². The van der Waals surface area contributed by atoms with E-state index in [1.807, 2.05) is 38.1 Å². The van der Waals surface area contributed by atoms with Gasteiger partial charge in [-0.3, -0.25) is 0 Å². The normalized spacial score (nSPS) is 11.6. The Bertz CT molecular complexity index is 629. The molecule has 5 heteroatoms. The highest BCUT2D eigenvalue weighted by Crippen LogP contribution is 2.16. The number of carbonyl (C=O) groups is 1. The first-order valence-electron chi connectivity index (χ1n) is 7.06. The summed E-state index contributed by atoms with van der Waals surface area (Å²) >= 11 is 5.80. The van der Waals surface area contributed by atoms with Crippen LogP contribution in [0.3, 0.4) is 0 Å². The van der Waals surface area contributed by atoms with Crippen LogP contribution in [0.25, 0.3) is 0 Å². The molecule has 2 aromatic carbocycles. The van der Waals surface area contributed by atoms with Gasteiger partial charge in [-0.05, 0) is 49.7 Å². The monoisotopic (exact) mass is 318 g/mol. The summed E-state index contributed by atoms with van der Waals surface area (Å²) in [6, 6.07) is 14.3. The quantitative estimate of drug-likeness (QED) is 0.866. The smallest absolute Gasteiger partial charge is 0.319 e. The zero-order chi connectivity index (χ0) is 15.9. The fourth-order valence-electron chi connectivity index (χ4n) is 1.90. The number of halogens is 1. The van der Waals surface area contributed by atoms with Crippen molar-refractivity contribution >= 4 is 23.3 Å². The van der Waals surface area contributed by atoms with Gasteiger partial charge >= 0.3 is 6.03 Å². The molecule has 4 nitrogen and oxygen atoms in total. The summed E-state index contributed by atoms with van der Waals surface area (Å²) in [7, 11) is 0. The summed E-state index contributed by atoms with van der Waals surface area (Å²) < 4.78 is 5.71. The van der Waals surface area contributed by atoms with Gasteiger partial charge in [0, 0.05) is 10.7 Å². The minimum absolute atomic E-state index is 0.119. The molecule has 0 aliphatic heterocycles. The van der Waals surface area contributed by atoms with Crippen LogP contribution in [0.4, 0.5) is 10.5 Å². The third-order valence-electron chi connectivity index (χ3n) is 3.06. The van der Waals surface area contributed by atoms with E-state index in [9.17, 15) is 4.79 Å². The van der Waals surface area contributed by atoms with Crippen LogP contribution in [-0.2, 0) is 0 Å². The Kier molecular flexibility index (Phi) is 5.67. The van der Waals surface area contributed by atoms with Crippen molar-refractivity contribution in [3.63, 3.8) is 0 Å². The molecule has 0 fully saturated rings. The van der Waals surface area contributed by atoms with E-state index in [1.165, 1.54) is 0 Å². The lowest BCUT2D eigenvalue weighted by atomic mass is 10.2. The Labute approximate surface area is 135 Å². The van der Waals surface area contributed by atoms with E-state index in [0.717, 1.165) is 11.3 Å². The molecule has 0 unspecified atom stereocenters. The van der Waals surface area contributed by atoms with Gasteiger partial charge in [-0.1, -0.05) is 29.8 Å². The summed E-state index contributed by atoms with van der Waals surface area (Å²) in [5.41, 5.74) is 1.76. The number of anilines is 1. The Morgan fingerprint density at radius 1 is 1.18 bits per heavy atom. The maximum Gasteiger partial charge on any atom is 0.319 e. The number of hydrogen-bond donors (Lipinski definition) is 2. The maximum atomic E-state index is 11.9. The Hall–Kier alpha value is -2.20. The zero-order valence-electron chi connectivity index (χ0n) is 12.6. The largest absolute Gasteiger partial charge is 0.491 e. The van der Waals surface area contributed by atoms with Gasteiger partial charge in [0.25, 0.3) is 0 Å². The molecule has 0 aromatic heterocycles. The van der Waals surface area contributed by atoms with Crippen LogP contribution in [0.5, 0.6) is 5.75 Å². The fourth-order valence-corrected chi connectivity index (χ4v) is 2.02. The van der Waals surface area contributed by atoms with Crippen LogP contribution >= 0.6 is 11.6 Å². The highest BCUT2D eigenvalue weighted by Gasteiger charge is 2.09. The average molecular weight is 319 g/mol. The van der Waals surface area contributed by atoms with Crippen molar-refractivity contribution in [3.8, 4) is 5.75 Å². The van der Waals surface area contributed by atoms with Crippen molar-refractivity contribution in [1.29, 1.82) is 0 Å². The number of hydrogen-bond acceptors (Lipinski definition) is 2. The second-order valence-corrected chi connectivity index (χ2v) is 5.52. The van der Waals surface area contributed by atoms with Gasteiger partial charge in [-0.2, -0.15) is 0 Å². The summed E-state index contributed by atoms with van der Waals surface area (Å²) in [5.74, 6) is 0.828. The van der Waals surface area contributed by atoms with E-state index in [-0.39, 0.29) is 12.1 Å². The molecule has 2 amide bonds. The number of carbonyl (C=O) groups excluding carboxylic acids is 1. The first kappa shape index (κ1) is 16.2. The van der Waals surface area contributed by atoms with Gasteiger partial charge in [0.1, 0.15) is 12.4 Å². The van der Waals surface area contributed by atoms with E-state index in [4.69, 9.17) is 16.3 Å². The SMILES string of the molecule is Cc1ccccc1OC[C@H](C)NC(=O)Nc1ccc(Cl)cc1. The number of ether oxygens (including phenoxy) is 1. The summed E-state index contributed by atoms with van der Waals surface area (Å²) in [5, 5.41) is 6.20. The Morgan fingerprint density at radius 2 is 1.86 bits per heavy atom. The standard InChI is InChI=1S/C17H19ClN2O2/c1-12-5-3-4-6-16(12)22-11-13(2)19-17(21)20-15-9-7-14(18)8-10-15/h3-10,13H,11H2,1-2H3,(H2,19,20,21)/t13-/m0/s1. The van der Waals surface area contributed by atoms with E-state index >= 15 is 0 Å². The number of para-hydroxylation sites is 1. The van der Waals surface area contributed by atoms with Crippen LogP contribution < -0.4 is 15.4 Å². The topological polar surface area (TPSA) is 50.4 Å². The molecule has 0 heterocycles. The van der Waals surface area contributed by atoms with Crippen molar-refractivity contribution in [3.05, 3.63) is 59.1 Å². The third kappa shape index (κ3) is 4.97. The van der Waals surface area contributed by atoms with E-state index in [2.05, 4.69) is 10.6 Å². The molecule has 22 heavy (non-hydrogen) atoms. The molecule has 0 saturated heterocycles. The Balaban J connectivity index is 1.79. The van der Waals surface area contributed by atoms with Gasteiger partial charge < -0.3 is 15.4 Å². The van der Waals surface area contributed by atoms with Crippen LogP contribution in [0.2, 0.25) is 5.02 Å². The minimum atomic E-state index is -0.275. The summed E-state index contributed by atoms with van der Waals surface area (Å²) in [6.45, 7) is 4.28. The number of benzene rings is 2. The summed E-state index contributed by atoms with van der Waals surface area (Å²) in [6.07, 6.45) is 0. The van der Waals surface area contributed by atoms with Gasteiger partial charge in [0.15, 0.2) is 0 Å². The molecule has 0 aliphatic rings. The number of urea groups is 1. The number of amides is 2. The van der Waals surface area contributed by atoms with Crippen molar-refractivity contribution < 1.29 is 9.53 Å². The minimum Gasteiger partial charge on any atom is -0.491 e. The first-order chi connectivity index (χ1) is 10.5. The fraction of sp³-hybridized carbons (Fsp3) is 0.235. The molecule has 1 atom stereocenters. The second-order valence-electron chi connectivity index (χ2n) is 5.08. The lowest BCUT2D eigenvalue weighted by Gasteiger charge is -2.16. The van der Waals surface area contributed by atoms with Crippen LogP contribution in [0, 0.1) is 6.92 Å². The molecule has 0 aliphatic carbocycles. The number of nitrogens with one attached hydrogen (secondary N) is 2. The molecular formula is C17H19ClN2O2. The average Bonchev–Trinajstić information content (AvgIpc) is 2.49.